The lowest BCUT2D eigenvalue weighted by molar-refractivity contribution is -0.129. The molecule has 1 amide bonds. The predicted molar refractivity (Wildman–Crippen MR) is 102 cm³/mol. The van der Waals surface area contributed by atoms with Gasteiger partial charge in [0.15, 0.2) is 0 Å². The lowest BCUT2D eigenvalue weighted by Crippen LogP contribution is -2.33. The minimum atomic E-state index is -0.445. The van der Waals surface area contributed by atoms with Crippen LogP contribution in [0, 0.1) is 11.7 Å². The summed E-state index contributed by atoms with van der Waals surface area (Å²) >= 11 is 1.27. The van der Waals surface area contributed by atoms with Crippen molar-refractivity contribution in [2.75, 3.05) is 19.6 Å². The fourth-order valence-corrected chi connectivity index (χ4v) is 4.08. The Balaban J connectivity index is 0.00000225. The lowest BCUT2D eigenvalue weighted by Gasteiger charge is -2.24. The first kappa shape index (κ1) is 19.8. The van der Waals surface area contributed by atoms with E-state index in [0.29, 0.717) is 23.9 Å². The molecule has 1 aliphatic rings. The average Bonchev–Trinajstić information content (AvgIpc) is 3.10. The maximum atomic E-state index is 14.1. The molecular formula is C19H22ClFN2OS. The Bertz CT molecular complexity index is 701. The van der Waals surface area contributed by atoms with Crippen LogP contribution in [0.2, 0.25) is 0 Å². The van der Waals surface area contributed by atoms with Crippen LogP contribution in [0.1, 0.15) is 17.2 Å². The van der Waals surface area contributed by atoms with E-state index in [-0.39, 0.29) is 24.1 Å². The fourth-order valence-electron chi connectivity index (χ4n) is 2.95. The summed E-state index contributed by atoms with van der Waals surface area (Å²) in [5, 5.41) is -0.445. The molecule has 0 radical (unpaired) electrons. The Hall–Kier alpha value is -1.56. The third-order valence-electron chi connectivity index (χ3n) is 4.34. The van der Waals surface area contributed by atoms with Crippen molar-refractivity contribution in [1.29, 1.82) is 0 Å². The molecule has 0 bridgehead atoms. The molecule has 25 heavy (non-hydrogen) atoms. The van der Waals surface area contributed by atoms with Gasteiger partial charge < -0.3 is 10.6 Å². The van der Waals surface area contributed by atoms with Crippen LogP contribution in [0.5, 0.6) is 0 Å². The summed E-state index contributed by atoms with van der Waals surface area (Å²) < 4.78 is 14.1. The Labute approximate surface area is 158 Å². The van der Waals surface area contributed by atoms with Crippen molar-refractivity contribution in [2.45, 2.75) is 16.6 Å². The topological polar surface area (TPSA) is 46.3 Å². The van der Waals surface area contributed by atoms with Crippen LogP contribution >= 0.6 is 24.2 Å². The number of halogens is 2. The van der Waals surface area contributed by atoms with Crippen LogP contribution in [0.3, 0.4) is 0 Å². The highest BCUT2D eigenvalue weighted by Crippen LogP contribution is 2.38. The molecule has 2 aromatic carbocycles. The monoisotopic (exact) mass is 380 g/mol. The van der Waals surface area contributed by atoms with Crippen molar-refractivity contribution in [3.05, 3.63) is 66.0 Å². The van der Waals surface area contributed by atoms with Gasteiger partial charge in [0, 0.05) is 18.0 Å². The molecule has 1 heterocycles. The largest absolute Gasteiger partial charge is 0.341 e. The number of thioether (sulfide) groups is 1. The van der Waals surface area contributed by atoms with Crippen molar-refractivity contribution in [2.24, 2.45) is 11.7 Å². The number of carbonyl (C=O) groups is 1. The van der Waals surface area contributed by atoms with Gasteiger partial charge in [0.05, 0.1) is 0 Å². The maximum Gasteiger partial charge on any atom is 0.240 e. The van der Waals surface area contributed by atoms with Gasteiger partial charge in [-0.25, -0.2) is 4.39 Å². The summed E-state index contributed by atoms with van der Waals surface area (Å²) in [6, 6.07) is 16.2. The summed E-state index contributed by atoms with van der Waals surface area (Å²) in [5.74, 6) is 0.103. The SMILES string of the molecule is Cl.NCC1CCN(C(=O)C(Sc2ccccc2F)c2ccccc2)C1. The van der Waals surface area contributed by atoms with Gasteiger partial charge in [-0.1, -0.05) is 42.5 Å². The Morgan fingerprint density at radius 2 is 1.88 bits per heavy atom. The van der Waals surface area contributed by atoms with Gasteiger partial charge in [0.1, 0.15) is 11.1 Å². The molecule has 3 rings (SSSR count). The molecule has 2 aromatic rings. The smallest absolute Gasteiger partial charge is 0.240 e. The van der Waals surface area contributed by atoms with Gasteiger partial charge in [-0.2, -0.15) is 0 Å². The second-order valence-corrected chi connectivity index (χ2v) is 7.16. The first-order chi connectivity index (χ1) is 11.7. The molecule has 2 unspecified atom stereocenters. The molecule has 6 heteroatoms. The summed E-state index contributed by atoms with van der Waals surface area (Å²) in [6.45, 7) is 2.01. The molecule has 3 nitrogen and oxygen atoms in total. The number of benzene rings is 2. The van der Waals surface area contributed by atoms with Crippen molar-refractivity contribution in [1.82, 2.24) is 4.90 Å². The van der Waals surface area contributed by atoms with E-state index in [9.17, 15) is 9.18 Å². The van der Waals surface area contributed by atoms with Gasteiger partial charge in [-0.3, -0.25) is 4.79 Å². The highest BCUT2D eigenvalue weighted by atomic mass is 35.5. The predicted octanol–water partition coefficient (Wildman–Crippen LogP) is 3.89. The van der Waals surface area contributed by atoms with Crippen molar-refractivity contribution >= 4 is 30.1 Å². The van der Waals surface area contributed by atoms with Crippen LogP contribution in [-0.2, 0) is 4.79 Å². The van der Waals surface area contributed by atoms with Crippen LogP contribution in [-0.4, -0.2) is 30.4 Å². The van der Waals surface area contributed by atoms with Crippen molar-refractivity contribution in [3.63, 3.8) is 0 Å². The van der Waals surface area contributed by atoms with Gasteiger partial charge in [0.2, 0.25) is 5.91 Å². The number of amides is 1. The first-order valence-electron chi connectivity index (χ1n) is 8.14. The van der Waals surface area contributed by atoms with E-state index >= 15 is 0 Å². The summed E-state index contributed by atoms with van der Waals surface area (Å²) in [5.41, 5.74) is 6.63. The van der Waals surface area contributed by atoms with Crippen LogP contribution in [0.25, 0.3) is 0 Å². The highest BCUT2D eigenvalue weighted by molar-refractivity contribution is 8.00. The fraction of sp³-hybridized carbons (Fsp3) is 0.316. The average molecular weight is 381 g/mol. The number of nitrogens with zero attached hydrogens (tertiary/aromatic N) is 1. The minimum Gasteiger partial charge on any atom is -0.341 e. The van der Waals surface area contributed by atoms with Gasteiger partial charge in [-0.05, 0) is 36.6 Å². The van der Waals surface area contributed by atoms with Crippen LogP contribution in [0.15, 0.2) is 59.5 Å². The quantitative estimate of drug-likeness (QED) is 0.800. The van der Waals surface area contributed by atoms with Crippen LogP contribution < -0.4 is 5.73 Å². The zero-order chi connectivity index (χ0) is 16.9. The minimum absolute atomic E-state index is 0. The molecule has 2 N–H and O–H groups in total. The number of hydrogen-bond acceptors (Lipinski definition) is 3. The molecule has 134 valence electrons. The second kappa shape index (κ2) is 9.22. The van der Waals surface area contributed by atoms with E-state index in [1.807, 2.05) is 35.2 Å². The standard InChI is InChI=1S/C19H21FN2OS.ClH/c20-16-8-4-5-9-17(16)24-18(15-6-2-1-3-7-15)19(23)22-11-10-14(12-21)13-22;/h1-9,14,18H,10-13,21H2;1H. The van der Waals surface area contributed by atoms with E-state index in [2.05, 4.69) is 0 Å². The normalized spacial score (nSPS) is 17.8. The Kier molecular flexibility index (Phi) is 7.29. The number of carbonyl (C=O) groups excluding carboxylic acids is 1. The summed E-state index contributed by atoms with van der Waals surface area (Å²) in [6.07, 6.45) is 0.939. The molecule has 0 aliphatic carbocycles. The lowest BCUT2D eigenvalue weighted by atomic mass is 10.1. The molecule has 0 saturated carbocycles. The van der Waals surface area contributed by atoms with Gasteiger partial charge >= 0.3 is 0 Å². The molecule has 0 spiro atoms. The molecule has 1 aliphatic heterocycles. The third-order valence-corrected chi connectivity index (χ3v) is 5.63. The van der Waals surface area contributed by atoms with E-state index in [0.717, 1.165) is 18.5 Å². The zero-order valence-electron chi connectivity index (χ0n) is 13.8. The molecular weight excluding hydrogens is 359 g/mol. The first-order valence-corrected chi connectivity index (χ1v) is 9.02. The Morgan fingerprint density at radius 1 is 1.20 bits per heavy atom. The van der Waals surface area contributed by atoms with E-state index in [1.165, 1.54) is 17.8 Å². The number of nitrogens with two attached hydrogens (primary N) is 1. The van der Waals surface area contributed by atoms with Crippen molar-refractivity contribution < 1.29 is 9.18 Å². The summed E-state index contributed by atoms with van der Waals surface area (Å²) in [4.78, 5) is 15.4. The summed E-state index contributed by atoms with van der Waals surface area (Å²) in [7, 11) is 0. The van der Waals surface area contributed by atoms with Gasteiger partial charge in [0.25, 0.3) is 0 Å². The number of likely N-dealkylation sites (tertiary alicyclic amines) is 1. The third kappa shape index (κ3) is 4.75. The second-order valence-electron chi connectivity index (χ2n) is 6.01. The molecule has 2 atom stereocenters. The van der Waals surface area contributed by atoms with Gasteiger partial charge in [-0.15, -0.1) is 24.2 Å². The van der Waals surface area contributed by atoms with Crippen molar-refractivity contribution in [3.8, 4) is 0 Å². The van der Waals surface area contributed by atoms with Crippen LogP contribution in [0.4, 0.5) is 4.39 Å². The van der Waals surface area contributed by atoms with E-state index in [1.54, 1.807) is 18.2 Å². The van der Waals surface area contributed by atoms with E-state index < -0.39 is 5.25 Å². The number of hydrogen-bond donors (Lipinski definition) is 1. The molecule has 0 aromatic heterocycles. The molecule has 1 saturated heterocycles. The highest BCUT2D eigenvalue weighted by Gasteiger charge is 2.32. The van der Waals surface area contributed by atoms with E-state index in [4.69, 9.17) is 5.73 Å². The molecule has 1 fully saturated rings. The number of rotatable bonds is 5. The maximum absolute atomic E-state index is 14.1. The Morgan fingerprint density at radius 3 is 2.52 bits per heavy atom. The zero-order valence-corrected chi connectivity index (χ0v) is 15.4.